The molecule has 0 spiro atoms. The van der Waals surface area contributed by atoms with Gasteiger partial charge in [0.25, 0.3) is 5.91 Å². The second kappa shape index (κ2) is 5.87. The van der Waals surface area contributed by atoms with Gasteiger partial charge in [0.15, 0.2) is 0 Å². The number of carbonyl (C=O) groups is 1. The first-order valence-electron chi connectivity index (χ1n) is 6.60. The summed E-state index contributed by atoms with van der Waals surface area (Å²) >= 11 is 0. The summed E-state index contributed by atoms with van der Waals surface area (Å²) < 4.78 is 12.9. The van der Waals surface area contributed by atoms with E-state index in [0.717, 1.165) is 16.7 Å². The Bertz CT molecular complexity index is 599. The first-order chi connectivity index (χ1) is 9.45. The van der Waals surface area contributed by atoms with Crippen molar-refractivity contribution in [3.63, 3.8) is 0 Å². The van der Waals surface area contributed by atoms with Gasteiger partial charge in [0.2, 0.25) is 0 Å². The molecule has 104 valence electrons. The van der Waals surface area contributed by atoms with Gasteiger partial charge in [-0.3, -0.25) is 4.79 Å². The number of rotatable bonds is 3. The maximum atomic E-state index is 12.9. The Labute approximate surface area is 118 Å². The molecule has 2 rings (SSSR count). The standard InChI is InChI=1S/C17H18FNO/c1-11-8-12(2)10-15(9-11)17(20)19-13(3)14-4-6-16(18)7-5-14/h4-10,13H,1-3H3,(H,19,20). The number of halogens is 1. The smallest absolute Gasteiger partial charge is 0.251 e. The van der Waals surface area contributed by atoms with Crippen molar-refractivity contribution in [3.8, 4) is 0 Å². The zero-order chi connectivity index (χ0) is 14.7. The summed E-state index contributed by atoms with van der Waals surface area (Å²) in [6.45, 7) is 5.81. The second-order valence-electron chi connectivity index (χ2n) is 5.12. The van der Waals surface area contributed by atoms with E-state index in [-0.39, 0.29) is 17.8 Å². The van der Waals surface area contributed by atoms with Crippen LogP contribution in [0.4, 0.5) is 4.39 Å². The van der Waals surface area contributed by atoms with Crippen LogP contribution in [0.2, 0.25) is 0 Å². The Hall–Kier alpha value is -2.16. The molecule has 2 aromatic carbocycles. The molecule has 1 atom stereocenters. The summed E-state index contributed by atoms with van der Waals surface area (Å²) in [5.74, 6) is -0.393. The molecule has 0 bridgehead atoms. The second-order valence-corrected chi connectivity index (χ2v) is 5.12. The van der Waals surface area contributed by atoms with Gasteiger partial charge in [-0.1, -0.05) is 29.3 Å². The van der Waals surface area contributed by atoms with Crippen LogP contribution in [0.3, 0.4) is 0 Å². The average Bonchev–Trinajstić information content (AvgIpc) is 2.38. The monoisotopic (exact) mass is 271 g/mol. The molecule has 0 fully saturated rings. The molecule has 2 nitrogen and oxygen atoms in total. The summed E-state index contributed by atoms with van der Waals surface area (Å²) in [5.41, 5.74) is 3.65. The predicted molar refractivity (Wildman–Crippen MR) is 78.2 cm³/mol. The van der Waals surface area contributed by atoms with E-state index in [1.165, 1.54) is 12.1 Å². The van der Waals surface area contributed by atoms with E-state index in [4.69, 9.17) is 0 Å². The van der Waals surface area contributed by atoms with Crippen LogP contribution in [0, 0.1) is 19.7 Å². The van der Waals surface area contributed by atoms with Crippen LogP contribution in [0.15, 0.2) is 42.5 Å². The first-order valence-corrected chi connectivity index (χ1v) is 6.60. The largest absolute Gasteiger partial charge is 0.346 e. The molecule has 0 heterocycles. The number of aryl methyl sites for hydroxylation is 2. The maximum absolute atomic E-state index is 12.9. The van der Waals surface area contributed by atoms with Crippen LogP contribution in [-0.4, -0.2) is 5.91 Å². The summed E-state index contributed by atoms with van der Waals surface area (Å²) in [7, 11) is 0. The summed E-state index contributed by atoms with van der Waals surface area (Å²) in [6, 6.07) is 11.7. The van der Waals surface area contributed by atoms with Crippen LogP contribution in [0.25, 0.3) is 0 Å². The van der Waals surface area contributed by atoms with Gasteiger partial charge in [0.1, 0.15) is 5.82 Å². The van der Waals surface area contributed by atoms with Crippen molar-refractivity contribution in [1.82, 2.24) is 5.32 Å². The highest BCUT2D eigenvalue weighted by molar-refractivity contribution is 5.94. The molecule has 0 radical (unpaired) electrons. The minimum Gasteiger partial charge on any atom is -0.346 e. The van der Waals surface area contributed by atoms with Crippen molar-refractivity contribution in [2.45, 2.75) is 26.8 Å². The lowest BCUT2D eigenvalue weighted by molar-refractivity contribution is 0.0939. The van der Waals surface area contributed by atoms with Gasteiger partial charge in [-0.25, -0.2) is 4.39 Å². The highest BCUT2D eigenvalue weighted by Crippen LogP contribution is 2.15. The average molecular weight is 271 g/mol. The fourth-order valence-electron chi connectivity index (χ4n) is 2.22. The topological polar surface area (TPSA) is 29.1 Å². The van der Waals surface area contributed by atoms with E-state index < -0.39 is 0 Å². The Morgan fingerprint density at radius 1 is 1.05 bits per heavy atom. The molecule has 2 aromatic rings. The number of benzene rings is 2. The zero-order valence-electron chi connectivity index (χ0n) is 11.9. The van der Waals surface area contributed by atoms with E-state index in [0.29, 0.717) is 5.56 Å². The number of carbonyl (C=O) groups excluding carboxylic acids is 1. The fourth-order valence-corrected chi connectivity index (χ4v) is 2.22. The van der Waals surface area contributed by atoms with Crippen molar-refractivity contribution in [2.75, 3.05) is 0 Å². The molecule has 3 heteroatoms. The number of hydrogen-bond donors (Lipinski definition) is 1. The molecule has 1 N–H and O–H groups in total. The van der Waals surface area contributed by atoms with Gasteiger partial charge in [0, 0.05) is 5.56 Å². The molecule has 0 aromatic heterocycles. The zero-order valence-corrected chi connectivity index (χ0v) is 11.9. The van der Waals surface area contributed by atoms with Gasteiger partial charge in [-0.05, 0) is 50.6 Å². The number of nitrogens with one attached hydrogen (secondary N) is 1. The van der Waals surface area contributed by atoms with Crippen molar-refractivity contribution in [2.24, 2.45) is 0 Å². The highest BCUT2D eigenvalue weighted by Gasteiger charge is 2.12. The van der Waals surface area contributed by atoms with Crippen molar-refractivity contribution in [3.05, 3.63) is 70.5 Å². The van der Waals surface area contributed by atoms with E-state index in [1.54, 1.807) is 12.1 Å². The minimum absolute atomic E-state index is 0.117. The Balaban J connectivity index is 2.12. The molecule has 1 amide bonds. The Morgan fingerprint density at radius 3 is 2.15 bits per heavy atom. The van der Waals surface area contributed by atoms with Gasteiger partial charge >= 0.3 is 0 Å². The minimum atomic E-state index is -0.276. The van der Waals surface area contributed by atoms with Gasteiger partial charge < -0.3 is 5.32 Å². The van der Waals surface area contributed by atoms with E-state index in [9.17, 15) is 9.18 Å². The van der Waals surface area contributed by atoms with E-state index >= 15 is 0 Å². The summed E-state index contributed by atoms with van der Waals surface area (Å²) in [4.78, 5) is 12.2. The van der Waals surface area contributed by atoms with Crippen LogP contribution in [0.5, 0.6) is 0 Å². The predicted octanol–water partition coefficient (Wildman–Crippen LogP) is 3.93. The third kappa shape index (κ3) is 3.44. The molecular weight excluding hydrogens is 253 g/mol. The Kier molecular flexibility index (Phi) is 4.18. The quantitative estimate of drug-likeness (QED) is 0.900. The molecule has 20 heavy (non-hydrogen) atoms. The normalized spacial score (nSPS) is 12.0. The molecule has 0 aliphatic heterocycles. The third-order valence-corrected chi connectivity index (χ3v) is 3.20. The van der Waals surface area contributed by atoms with Crippen LogP contribution in [-0.2, 0) is 0 Å². The first kappa shape index (κ1) is 14.3. The van der Waals surface area contributed by atoms with Crippen LogP contribution in [0.1, 0.15) is 40.0 Å². The lowest BCUT2D eigenvalue weighted by Gasteiger charge is -2.15. The maximum Gasteiger partial charge on any atom is 0.251 e. The van der Waals surface area contributed by atoms with Crippen molar-refractivity contribution < 1.29 is 9.18 Å². The SMILES string of the molecule is Cc1cc(C)cc(C(=O)NC(C)c2ccc(F)cc2)c1. The molecule has 0 aliphatic carbocycles. The lowest BCUT2D eigenvalue weighted by atomic mass is 10.1. The highest BCUT2D eigenvalue weighted by atomic mass is 19.1. The molecule has 0 saturated heterocycles. The van der Waals surface area contributed by atoms with E-state index in [2.05, 4.69) is 5.32 Å². The molecule has 0 saturated carbocycles. The van der Waals surface area contributed by atoms with Gasteiger partial charge in [-0.15, -0.1) is 0 Å². The fraction of sp³-hybridized carbons (Fsp3) is 0.235. The molecular formula is C17H18FNO. The lowest BCUT2D eigenvalue weighted by Crippen LogP contribution is -2.26. The number of amides is 1. The van der Waals surface area contributed by atoms with Crippen molar-refractivity contribution in [1.29, 1.82) is 0 Å². The van der Waals surface area contributed by atoms with Gasteiger partial charge in [0.05, 0.1) is 6.04 Å². The van der Waals surface area contributed by atoms with E-state index in [1.807, 2.05) is 39.0 Å². The molecule has 1 unspecified atom stereocenters. The van der Waals surface area contributed by atoms with Crippen molar-refractivity contribution >= 4 is 5.91 Å². The van der Waals surface area contributed by atoms with Crippen LogP contribution < -0.4 is 5.32 Å². The summed E-state index contributed by atoms with van der Waals surface area (Å²) in [5, 5.41) is 2.92. The van der Waals surface area contributed by atoms with Gasteiger partial charge in [-0.2, -0.15) is 0 Å². The molecule has 0 aliphatic rings. The Morgan fingerprint density at radius 2 is 1.60 bits per heavy atom. The third-order valence-electron chi connectivity index (χ3n) is 3.20. The number of hydrogen-bond acceptors (Lipinski definition) is 1. The van der Waals surface area contributed by atoms with Crippen LogP contribution >= 0.6 is 0 Å². The summed E-state index contributed by atoms with van der Waals surface area (Å²) in [6.07, 6.45) is 0.